The van der Waals surface area contributed by atoms with Gasteiger partial charge >= 0.3 is 0 Å². The van der Waals surface area contributed by atoms with Crippen LogP contribution in [-0.2, 0) is 6.37 Å². The summed E-state index contributed by atoms with van der Waals surface area (Å²) in [7, 11) is 0. The van der Waals surface area contributed by atoms with Crippen LogP contribution >= 0.6 is 11.3 Å². The lowest BCUT2D eigenvalue weighted by Gasteiger charge is -2.18. The van der Waals surface area contributed by atoms with E-state index in [1.807, 2.05) is 45.0 Å². The summed E-state index contributed by atoms with van der Waals surface area (Å²) in [5.41, 5.74) is 4.18. The van der Waals surface area contributed by atoms with Gasteiger partial charge in [0.1, 0.15) is 0 Å². The van der Waals surface area contributed by atoms with Gasteiger partial charge in [-0.3, -0.25) is 4.98 Å². The fraction of sp³-hybridized carbons (Fsp3) is 0.207. The molecule has 0 atom stereocenters. The lowest BCUT2D eigenvalue weighted by molar-refractivity contribution is 0.411. The minimum absolute atomic E-state index is 0.343. The topological polar surface area (TPSA) is 12.9 Å². The Bertz CT molecular complexity index is 1570. The first-order valence-electron chi connectivity index (χ1n) is 12.9. The number of aromatic nitrogens is 1. The normalized spacial score (nSPS) is 15.3. The molecule has 5 aromatic rings. The standard InChI is InChI=1S/C29H27NS/c1-19-5-7-21(8-6-19)22-9-11-24-25-16-23(10-12-27(25)31-28(24)17-22)26-15-20(13-14-30-26)18-29(2,3)4/h5-17H,18H2,1-4H3/i1D3,18D2. The SMILES string of the molecule is [2H]C([2H])([2H])c1ccc(-c2ccc3c(c2)sc2ccc(-c4cc(C([2H])([2H])C(C)(C)C)ccn4)cc23)cc1. The van der Waals surface area contributed by atoms with Gasteiger partial charge in [-0.25, -0.2) is 0 Å². The van der Waals surface area contributed by atoms with E-state index in [4.69, 9.17) is 6.85 Å². The highest BCUT2D eigenvalue weighted by Gasteiger charge is 2.13. The molecule has 0 N–H and O–H groups in total. The molecule has 0 spiro atoms. The van der Waals surface area contributed by atoms with Crippen LogP contribution in [0.3, 0.4) is 0 Å². The van der Waals surface area contributed by atoms with E-state index in [1.165, 1.54) is 4.70 Å². The molecule has 0 aliphatic carbocycles. The Morgan fingerprint density at radius 1 is 0.806 bits per heavy atom. The first-order valence-corrected chi connectivity index (χ1v) is 11.2. The number of rotatable bonds is 3. The first-order chi connectivity index (χ1) is 16.8. The molecule has 0 saturated carbocycles. The van der Waals surface area contributed by atoms with E-state index in [2.05, 4.69) is 35.3 Å². The van der Waals surface area contributed by atoms with E-state index in [1.54, 1.807) is 35.7 Å². The summed E-state index contributed by atoms with van der Waals surface area (Å²) in [5, 5.41) is 2.30. The average Bonchev–Trinajstić information content (AvgIpc) is 3.20. The van der Waals surface area contributed by atoms with Gasteiger partial charge in [0.25, 0.3) is 0 Å². The number of benzene rings is 3. The zero-order valence-corrected chi connectivity index (χ0v) is 18.7. The molecule has 0 unspecified atom stereocenters. The molecule has 154 valence electrons. The van der Waals surface area contributed by atoms with E-state index in [0.717, 1.165) is 37.9 Å². The van der Waals surface area contributed by atoms with Crippen molar-refractivity contribution in [2.75, 3.05) is 0 Å². The van der Waals surface area contributed by atoms with Gasteiger partial charge in [-0.2, -0.15) is 0 Å². The quantitative estimate of drug-likeness (QED) is 0.281. The number of aryl methyl sites for hydroxylation is 1. The summed E-state index contributed by atoms with van der Waals surface area (Å²) in [6.07, 6.45) is 0.204. The van der Waals surface area contributed by atoms with E-state index < -0.39 is 18.6 Å². The van der Waals surface area contributed by atoms with Crippen molar-refractivity contribution in [3.05, 3.63) is 90.1 Å². The summed E-state index contributed by atoms with van der Waals surface area (Å²) >= 11 is 1.72. The highest BCUT2D eigenvalue weighted by atomic mass is 32.1. The maximum Gasteiger partial charge on any atom is 0.0704 e. The summed E-state index contributed by atoms with van der Waals surface area (Å²) in [6, 6.07) is 23.3. The lowest BCUT2D eigenvalue weighted by Crippen LogP contribution is -2.09. The van der Waals surface area contributed by atoms with E-state index >= 15 is 0 Å². The molecule has 31 heavy (non-hydrogen) atoms. The monoisotopic (exact) mass is 426 g/mol. The van der Waals surface area contributed by atoms with Crippen molar-refractivity contribution >= 4 is 31.5 Å². The lowest BCUT2D eigenvalue weighted by atomic mass is 9.88. The zero-order valence-electron chi connectivity index (χ0n) is 22.9. The molecule has 2 heteroatoms. The smallest absolute Gasteiger partial charge is 0.0704 e. The van der Waals surface area contributed by atoms with Crippen LogP contribution in [0.15, 0.2) is 79.0 Å². The van der Waals surface area contributed by atoms with Crippen LogP contribution in [0.4, 0.5) is 0 Å². The minimum Gasteiger partial charge on any atom is -0.256 e. The van der Waals surface area contributed by atoms with Gasteiger partial charge < -0.3 is 0 Å². The van der Waals surface area contributed by atoms with Gasteiger partial charge in [-0.15, -0.1) is 11.3 Å². The largest absolute Gasteiger partial charge is 0.256 e. The average molecular weight is 427 g/mol. The van der Waals surface area contributed by atoms with Gasteiger partial charge in [0.15, 0.2) is 0 Å². The summed E-state index contributed by atoms with van der Waals surface area (Å²) < 4.78 is 42.3. The van der Waals surface area contributed by atoms with Crippen LogP contribution in [0, 0.1) is 12.3 Å². The molecular formula is C29H27NS. The molecule has 3 aromatic carbocycles. The predicted octanol–water partition coefficient (Wildman–Crippen LogP) is 8.68. The van der Waals surface area contributed by atoms with Crippen molar-refractivity contribution in [1.82, 2.24) is 4.98 Å². The Labute approximate surface area is 195 Å². The Morgan fingerprint density at radius 3 is 2.35 bits per heavy atom. The fourth-order valence-corrected chi connectivity index (χ4v) is 5.00. The molecule has 0 aliphatic heterocycles. The van der Waals surface area contributed by atoms with Crippen LogP contribution in [-0.4, -0.2) is 4.98 Å². The van der Waals surface area contributed by atoms with Crippen LogP contribution in [0.5, 0.6) is 0 Å². The number of fused-ring (bicyclic) bond motifs is 3. The number of hydrogen-bond acceptors (Lipinski definition) is 2. The van der Waals surface area contributed by atoms with Gasteiger partial charge in [0, 0.05) is 38.8 Å². The van der Waals surface area contributed by atoms with Gasteiger partial charge in [0.2, 0.25) is 0 Å². The van der Waals surface area contributed by atoms with Crippen molar-refractivity contribution in [2.45, 2.75) is 34.0 Å². The third-order valence-corrected chi connectivity index (χ3v) is 6.40. The van der Waals surface area contributed by atoms with Crippen LogP contribution < -0.4 is 0 Å². The van der Waals surface area contributed by atoms with Crippen molar-refractivity contribution in [3.8, 4) is 22.4 Å². The van der Waals surface area contributed by atoms with E-state index in [0.29, 0.717) is 11.1 Å². The number of pyridine rings is 1. The van der Waals surface area contributed by atoms with Crippen molar-refractivity contribution < 1.29 is 6.85 Å². The second-order valence-electron chi connectivity index (χ2n) is 8.91. The van der Waals surface area contributed by atoms with Gasteiger partial charge in [-0.05, 0) is 65.7 Å². The Hall–Kier alpha value is -2.97. The second kappa shape index (κ2) is 7.62. The molecule has 0 amide bonds. The van der Waals surface area contributed by atoms with Gasteiger partial charge in [0.05, 0.1) is 5.69 Å². The van der Waals surface area contributed by atoms with Gasteiger partial charge in [-0.1, -0.05) is 68.8 Å². The third kappa shape index (κ3) is 4.13. The van der Waals surface area contributed by atoms with Crippen LogP contribution in [0.25, 0.3) is 42.6 Å². The summed E-state index contributed by atoms with van der Waals surface area (Å²) in [6.45, 7) is 3.63. The molecule has 2 heterocycles. The van der Waals surface area contributed by atoms with E-state index in [-0.39, 0.29) is 0 Å². The maximum absolute atomic E-state index is 8.64. The molecule has 0 aliphatic rings. The summed E-state index contributed by atoms with van der Waals surface area (Å²) in [4.78, 5) is 4.55. The van der Waals surface area contributed by atoms with Crippen LogP contribution in [0.1, 0.15) is 38.8 Å². The Kier molecular flexibility index (Phi) is 3.67. The molecule has 0 radical (unpaired) electrons. The minimum atomic E-state index is -2.10. The third-order valence-electron chi connectivity index (χ3n) is 5.26. The Morgan fingerprint density at radius 2 is 1.58 bits per heavy atom. The molecule has 5 rings (SSSR count). The molecule has 0 saturated heterocycles. The Balaban J connectivity index is 1.54. The zero-order chi connectivity index (χ0) is 25.9. The van der Waals surface area contributed by atoms with Crippen molar-refractivity contribution in [2.24, 2.45) is 5.41 Å². The molecular weight excluding hydrogens is 394 g/mol. The van der Waals surface area contributed by atoms with Crippen molar-refractivity contribution in [1.29, 1.82) is 0 Å². The maximum atomic E-state index is 8.64. The molecule has 0 bridgehead atoms. The number of nitrogens with zero attached hydrogens (tertiary/aromatic N) is 1. The van der Waals surface area contributed by atoms with Crippen molar-refractivity contribution in [3.63, 3.8) is 0 Å². The highest BCUT2D eigenvalue weighted by molar-refractivity contribution is 7.25. The highest BCUT2D eigenvalue weighted by Crippen LogP contribution is 2.38. The second-order valence-corrected chi connectivity index (χ2v) is 9.99. The molecule has 2 aromatic heterocycles. The van der Waals surface area contributed by atoms with Crippen LogP contribution in [0.2, 0.25) is 0 Å². The molecule has 0 fully saturated rings. The summed E-state index contributed by atoms with van der Waals surface area (Å²) in [5.74, 6) is 0. The number of thiophene rings is 1. The fourth-order valence-electron chi connectivity index (χ4n) is 3.88. The van der Waals surface area contributed by atoms with E-state index in [9.17, 15) is 0 Å². The number of hydrogen-bond donors (Lipinski definition) is 0. The first kappa shape index (κ1) is 14.9. The predicted molar refractivity (Wildman–Crippen MR) is 136 cm³/mol. The molecule has 1 nitrogen and oxygen atoms in total.